The van der Waals surface area contributed by atoms with Crippen molar-refractivity contribution in [2.75, 3.05) is 0 Å². The van der Waals surface area contributed by atoms with Crippen LogP contribution in [0, 0.1) is 0 Å². The summed E-state index contributed by atoms with van der Waals surface area (Å²) in [6.07, 6.45) is 1.02. The number of carboxylic acids is 1. The summed E-state index contributed by atoms with van der Waals surface area (Å²) in [4.78, 5) is 9.60. The molecule has 0 aliphatic heterocycles. The number of aliphatic hydroxyl groups is 2. The van der Waals surface area contributed by atoms with Crippen molar-refractivity contribution < 1.29 is 20.1 Å². The van der Waals surface area contributed by atoms with Gasteiger partial charge in [0.1, 0.15) is 0 Å². The minimum atomic E-state index is -0.957. The van der Waals surface area contributed by atoms with Crippen LogP contribution in [0.25, 0.3) is 0 Å². The summed E-state index contributed by atoms with van der Waals surface area (Å²) >= 11 is 0.0411. The van der Waals surface area contributed by atoms with E-state index in [1.165, 1.54) is 0 Å². The van der Waals surface area contributed by atoms with Gasteiger partial charge in [0.15, 0.2) is 0 Å². The Hall–Kier alpha value is 1.20. The molecule has 0 amide bonds. The van der Waals surface area contributed by atoms with Crippen LogP contribution < -0.4 is 0 Å². The van der Waals surface area contributed by atoms with Crippen molar-refractivity contribution in [1.82, 2.24) is 0 Å². The third kappa shape index (κ3) is 35.1. The van der Waals surface area contributed by atoms with E-state index in [0.717, 1.165) is 6.42 Å². The molecule has 0 heterocycles. The fourth-order valence-electron chi connectivity index (χ4n) is 0.214. The maximum absolute atomic E-state index is 9.60. The molecule has 10 heavy (non-hydrogen) atoms. The summed E-state index contributed by atoms with van der Waals surface area (Å²) in [7, 11) is 0. The second-order valence-electron chi connectivity index (χ2n) is 1.78. The fraction of sp³-hybridized carbons (Fsp3) is 0.800. The van der Waals surface area contributed by atoms with Gasteiger partial charge < -0.3 is 5.11 Å². The van der Waals surface area contributed by atoms with Crippen molar-refractivity contribution in [3.63, 3.8) is 0 Å². The van der Waals surface area contributed by atoms with Crippen LogP contribution in [0.2, 0.25) is 0 Å². The Morgan fingerprint density at radius 2 is 1.90 bits per heavy atom. The van der Waals surface area contributed by atoms with Gasteiger partial charge in [0.05, 0.1) is 0 Å². The Balaban J connectivity index is 0. The van der Waals surface area contributed by atoms with Gasteiger partial charge in [-0.25, -0.2) is 0 Å². The van der Waals surface area contributed by atoms with Crippen LogP contribution in [0.1, 0.15) is 19.8 Å². The number of aliphatic carboxylic acids is 1. The first-order valence-electron chi connectivity index (χ1n) is 3.08. The van der Waals surface area contributed by atoms with Crippen LogP contribution in [0.3, 0.4) is 0 Å². The van der Waals surface area contributed by atoms with Gasteiger partial charge in [0.2, 0.25) is 0 Å². The SMILES string of the molecule is CCCC(=O)O.O[CH](O)[Rb]. The predicted octanol–water partition coefficient (Wildman–Crippen LogP) is -0.706. The molecule has 0 aromatic carbocycles. The summed E-state index contributed by atoms with van der Waals surface area (Å²) in [6.45, 7) is 1.84. The fourth-order valence-corrected chi connectivity index (χ4v) is 0.214. The van der Waals surface area contributed by atoms with Gasteiger partial charge in [-0.15, -0.1) is 0 Å². The molecular weight excluding hydrogens is 210 g/mol. The Bertz CT molecular complexity index is 81.0. The van der Waals surface area contributed by atoms with E-state index in [-0.39, 0.29) is 55.5 Å². The summed E-state index contributed by atoms with van der Waals surface area (Å²) in [5.41, 5.74) is 0. The average Bonchev–Trinajstić information content (AvgIpc) is 1.62. The number of rotatable bonds is 2. The quantitative estimate of drug-likeness (QED) is 0.538. The molecule has 0 aromatic heterocycles. The second-order valence-corrected chi connectivity index (χ2v) is 4.31. The molecule has 0 spiro atoms. The number of hydrogen-bond acceptors (Lipinski definition) is 3. The molecule has 3 N–H and O–H groups in total. The van der Waals surface area contributed by atoms with Crippen LogP contribution in [0.5, 0.6) is 0 Å². The van der Waals surface area contributed by atoms with E-state index >= 15 is 0 Å². The van der Waals surface area contributed by atoms with Gasteiger partial charge in [0.25, 0.3) is 0 Å². The van der Waals surface area contributed by atoms with Gasteiger partial charge in [0, 0.05) is 6.42 Å². The molecule has 4 nitrogen and oxygen atoms in total. The minimum absolute atomic E-state index is 0.0411. The van der Waals surface area contributed by atoms with Crippen molar-refractivity contribution in [2.24, 2.45) is 0 Å². The molecule has 0 aliphatic rings. The number of carboxylic acid groups (broad SMARTS) is 1. The van der Waals surface area contributed by atoms with Crippen LogP contribution >= 0.6 is 0 Å². The topological polar surface area (TPSA) is 77.8 Å². The predicted molar refractivity (Wildman–Crippen MR) is 36.5 cm³/mol. The van der Waals surface area contributed by atoms with Gasteiger partial charge in [-0.2, -0.15) is 0 Å². The molecule has 0 bridgehead atoms. The number of carbonyl (C=O) groups is 1. The van der Waals surface area contributed by atoms with E-state index in [2.05, 4.69) is 0 Å². The molecule has 0 rings (SSSR count). The number of hydrogen-bond donors (Lipinski definition) is 3. The van der Waals surface area contributed by atoms with Crippen molar-refractivity contribution in [3.8, 4) is 0 Å². The normalized spacial score (nSPS) is 8.60. The van der Waals surface area contributed by atoms with Crippen molar-refractivity contribution in [2.45, 2.75) is 19.1 Å². The maximum atomic E-state index is 9.60. The van der Waals surface area contributed by atoms with Crippen molar-refractivity contribution in [1.29, 1.82) is 0 Å². The van der Waals surface area contributed by atoms with Crippen LogP contribution in [0.4, 0.5) is 0 Å². The summed E-state index contributed by atoms with van der Waals surface area (Å²) < 4.78 is -0.957. The standard InChI is InChI=1S/C4H8O2.CH3O2.Rb/c1-2-3-4(5)6;2-1-3;/h2-3H2,1H3,(H,5,6);1-3H;. The molecule has 0 saturated heterocycles. The number of aliphatic hydroxyl groups excluding tert-OH is 1. The molecule has 0 atom stereocenters. The second kappa shape index (κ2) is 10.2. The average molecular weight is 221 g/mol. The Morgan fingerprint density at radius 3 is 1.90 bits per heavy atom. The molecule has 5 heteroatoms. The zero-order valence-electron chi connectivity index (χ0n) is 6.24. The Morgan fingerprint density at radius 1 is 1.60 bits per heavy atom. The monoisotopic (exact) mass is 220 g/mol. The first-order valence-corrected chi connectivity index (χ1v) is 5.92. The third-order valence-corrected chi connectivity index (χ3v) is 0.464. The molecule has 0 aliphatic carbocycles. The van der Waals surface area contributed by atoms with E-state index in [0.29, 0.717) is 6.42 Å². The van der Waals surface area contributed by atoms with Gasteiger partial charge >= 0.3 is 71.1 Å². The van der Waals surface area contributed by atoms with Gasteiger partial charge in [-0.05, 0) is 6.42 Å². The van der Waals surface area contributed by atoms with Crippen LogP contribution in [-0.2, 0) is 4.79 Å². The van der Waals surface area contributed by atoms with E-state index < -0.39 is 5.33 Å². The molecule has 0 radical (unpaired) electrons. The first-order chi connectivity index (χ1) is 4.50. The van der Waals surface area contributed by atoms with Crippen molar-refractivity contribution >= 4 is 61.5 Å². The molecule has 0 fully saturated rings. The third-order valence-electron chi connectivity index (χ3n) is 0.464. The van der Waals surface area contributed by atoms with Gasteiger partial charge in [-0.3, -0.25) is 4.79 Å². The Labute approximate surface area is 99.0 Å². The molecular formula is C5H11O4Rb. The van der Waals surface area contributed by atoms with Crippen LogP contribution in [0.15, 0.2) is 0 Å². The molecule has 0 saturated carbocycles. The van der Waals surface area contributed by atoms with Crippen molar-refractivity contribution in [3.05, 3.63) is 0 Å². The summed E-state index contributed by atoms with van der Waals surface area (Å²) in [5, 5.41) is 23.3. The van der Waals surface area contributed by atoms with E-state index in [9.17, 15) is 4.79 Å². The zero-order valence-corrected chi connectivity index (χ0v) is 11.2. The summed E-state index contributed by atoms with van der Waals surface area (Å²) in [5.74, 6) is -0.711. The van der Waals surface area contributed by atoms with Crippen LogP contribution in [-0.4, -0.2) is 76.2 Å². The molecule has 0 unspecified atom stereocenters. The zero-order chi connectivity index (χ0) is 8.57. The van der Waals surface area contributed by atoms with E-state index in [1.807, 2.05) is 6.92 Å². The molecule has 0 aromatic rings. The first kappa shape index (κ1) is 13.8. The van der Waals surface area contributed by atoms with Gasteiger partial charge in [-0.1, -0.05) is 6.92 Å². The Kier molecular flexibility index (Phi) is 14.0. The summed E-state index contributed by atoms with van der Waals surface area (Å²) in [6, 6.07) is 0. The van der Waals surface area contributed by atoms with E-state index in [4.69, 9.17) is 15.3 Å². The molecule has 56 valence electrons. The van der Waals surface area contributed by atoms with E-state index in [1.54, 1.807) is 0 Å².